The molecule has 1 saturated heterocycles. The molecule has 3 heterocycles. The molecule has 1 N–H and O–H groups in total. The normalized spacial score (nSPS) is 20.2. The van der Waals surface area contributed by atoms with E-state index < -0.39 is 0 Å². The molecule has 0 bridgehead atoms. The first kappa shape index (κ1) is 11.1. The number of para-hydroxylation sites is 2. The molecule has 2 aliphatic rings. The van der Waals surface area contributed by atoms with Gasteiger partial charge in [-0.3, -0.25) is 0 Å². The van der Waals surface area contributed by atoms with Crippen LogP contribution in [0.2, 0.25) is 0 Å². The van der Waals surface area contributed by atoms with Gasteiger partial charge in [0.2, 0.25) is 0 Å². The zero-order valence-corrected chi connectivity index (χ0v) is 11.3. The van der Waals surface area contributed by atoms with Crippen molar-refractivity contribution >= 4 is 5.69 Å². The molecule has 0 atom stereocenters. The Labute approximate surface area is 113 Å². The zero-order chi connectivity index (χ0) is 12.9. The van der Waals surface area contributed by atoms with Crippen LogP contribution in [-0.4, -0.2) is 24.7 Å². The lowest BCUT2D eigenvalue weighted by Gasteiger charge is -2.50. The van der Waals surface area contributed by atoms with Crippen LogP contribution >= 0.6 is 0 Å². The van der Waals surface area contributed by atoms with Crippen LogP contribution in [0.1, 0.15) is 18.5 Å². The summed E-state index contributed by atoms with van der Waals surface area (Å²) in [6.07, 6.45) is 4.54. The highest BCUT2D eigenvalue weighted by atomic mass is 15.3. The number of aromatic nitrogens is 1. The zero-order valence-electron chi connectivity index (χ0n) is 11.3. The van der Waals surface area contributed by atoms with E-state index in [1.165, 1.54) is 29.9 Å². The molecule has 3 heteroatoms. The van der Waals surface area contributed by atoms with Gasteiger partial charge in [-0.25, -0.2) is 0 Å². The van der Waals surface area contributed by atoms with Crippen LogP contribution in [-0.2, 0) is 5.54 Å². The molecule has 0 amide bonds. The summed E-state index contributed by atoms with van der Waals surface area (Å²) in [5.74, 6) is 0. The molecule has 98 valence electrons. The van der Waals surface area contributed by atoms with E-state index >= 15 is 0 Å². The second-order valence-corrected chi connectivity index (χ2v) is 5.59. The van der Waals surface area contributed by atoms with Gasteiger partial charge in [0.15, 0.2) is 0 Å². The van der Waals surface area contributed by atoms with Crippen molar-refractivity contribution in [1.82, 2.24) is 9.88 Å². The van der Waals surface area contributed by atoms with Crippen LogP contribution in [0.5, 0.6) is 0 Å². The standard InChI is InChI=1S/C16H19N3/c1-18-13-5-2-3-6-14(13)19-12-4-7-15(19)16(18)8-10-17-11-9-16/h2-7,12,17H,8-11H2,1H3. The van der Waals surface area contributed by atoms with E-state index in [1.807, 2.05) is 0 Å². The van der Waals surface area contributed by atoms with Crippen LogP contribution < -0.4 is 10.2 Å². The second-order valence-electron chi connectivity index (χ2n) is 5.59. The molecule has 4 rings (SSSR count). The first-order chi connectivity index (χ1) is 9.33. The molecular weight excluding hydrogens is 234 g/mol. The lowest BCUT2D eigenvalue weighted by atomic mass is 9.81. The van der Waals surface area contributed by atoms with Crippen molar-refractivity contribution in [3.8, 4) is 5.69 Å². The van der Waals surface area contributed by atoms with Crippen LogP contribution in [0.3, 0.4) is 0 Å². The summed E-state index contributed by atoms with van der Waals surface area (Å²) in [6.45, 7) is 2.19. The van der Waals surface area contributed by atoms with Crippen LogP contribution in [0, 0.1) is 0 Å². The number of hydrogen-bond donors (Lipinski definition) is 1. The summed E-state index contributed by atoms with van der Waals surface area (Å²) in [5, 5.41) is 3.49. The van der Waals surface area contributed by atoms with E-state index in [-0.39, 0.29) is 5.54 Å². The Hall–Kier alpha value is -1.74. The maximum Gasteiger partial charge on any atom is 0.0828 e. The predicted molar refractivity (Wildman–Crippen MR) is 78.0 cm³/mol. The Morgan fingerprint density at radius 2 is 1.74 bits per heavy atom. The number of piperidine rings is 1. The lowest BCUT2D eigenvalue weighted by Crippen LogP contribution is -2.53. The molecule has 2 aromatic rings. The largest absolute Gasteiger partial charge is 0.362 e. The SMILES string of the molecule is CN1c2ccccc2-n2cccc2C12CCNCC2. The summed E-state index contributed by atoms with van der Waals surface area (Å²) in [4.78, 5) is 2.50. The van der Waals surface area contributed by atoms with Crippen molar-refractivity contribution in [1.29, 1.82) is 0 Å². The molecule has 1 aromatic heterocycles. The van der Waals surface area contributed by atoms with Crippen molar-refractivity contribution in [3.63, 3.8) is 0 Å². The van der Waals surface area contributed by atoms with Gasteiger partial charge in [0, 0.05) is 18.9 Å². The predicted octanol–water partition coefficient (Wildman–Crippen LogP) is 2.51. The highest BCUT2D eigenvalue weighted by molar-refractivity contribution is 5.68. The van der Waals surface area contributed by atoms with Gasteiger partial charge >= 0.3 is 0 Å². The molecule has 1 fully saturated rings. The Bertz CT molecular complexity index is 608. The van der Waals surface area contributed by atoms with Crippen molar-refractivity contribution in [2.45, 2.75) is 18.4 Å². The third kappa shape index (κ3) is 1.36. The van der Waals surface area contributed by atoms with E-state index in [4.69, 9.17) is 0 Å². The van der Waals surface area contributed by atoms with Gasteiger partial charge in [0.25, 0.3) is 0 Å². The highest BCUT2D eigenvalue weighted by Gasteiger charge is 2.43. The smallest absolute Gasteiger partial charge is 0.0828 e. The number of anilines is 1. The van der Waals surface area contributed by atoms with Gasteiger partial charge < -0.3 is 14.8 Å². The number of nitrogens with zero attached hydrogens (tertiary/aromatic N) is 2. The topological polar surface area (TPSA) is 20.2 Å². The number of rotatable bonds is 0. The first-order valence-electron chi connectivity index (χ1n) is 7.05. The van der Waals surface area contributed by atoms with E-state index in [9.17, 15) is 0 Å². The molecular formula is C16H19N3. The Balaban J connectivity index is 1.97. The van der Waals surface area contributed by atoms with Gasteiger partial charge in [-0.2, -0.15) is 0 Å². The van der Waals surface area contributed by atoms with E-state index in [0.29, 0.717) is 0 Å². The minimum Gasteiger partial charge on any atom is -0.362 e. The van der Waals surface area contributed by atoms with Crippen molar-refractivity contribution in [2.24, 2.45) is 0 Å². The Morgan fingerprint density at radius 1 is 1.00 bits per heavy atom. The quantitative estimate of drug-likeness (QED) is 0.778. The van der Waals surface area contributed by atoms with E-state index in [2.05, 4.69) is 64.4 Å². The number of benzene rings is 1. The van der Waals surface area contributed by atoms with E-state index in [0.717, 1.165) is 13.1 Å². The summed E-state index contributed by atoms with van der Waals surface area (Å²) in [7, 11) is 2.25. The molecule has 1 aromatic carbocycles. The number of hydrogen-bond acceptors (Lipinski definition) is 2. The lowest BCUT2D eigenvalue weighted by molar-refractivity contribution is 0.287. The molecule has 0 unspecified atom stereocenters. The fraction of sp³-hybridized carbons (Fsp3) is 0.375. The van der Waals surface area contributed by atoms with Gasteiger partial charge in [-0.15, -0.1) is 0 Å². The van der Waals surface area contributed by atoms with Crippen LogP contribution in [0.15, 0.2) is 42.6 Å². The molecule has 0 saturated carbocycles. The first-order valence-corrected chi connectivity index (χ1v) is 7.05. The summed E-state index contributed by atoms with van der Waals surface area (Å²) in [6, 6.07) is 13.2. The average Bonchev–Trinajstić information content (AvgIpc) is 2.96. The van der Waals surface area contributed by atoms with Gasteiger partial charge in [0.05, 0.1) is 16.9 Å². The van der Waals surface area contributed by atoms with Gasteiger partial charge in [0.1, 0.15) is 0 Å². The molecule has 3 nitrogen and oxygen atoms in total. The minimum absolute atomic E-state index is 0.156. The van der Waals surface area contributed by atoms with E-state index in [1.54, 1.807) is 0 Å². The summed E-state index contributed by atoms with van der Waals surface area (Å²) < 4.78 is 2.38. The fourth-order valence-electron chi connectivity index (χ4n) is 3.76. The second kappa shape index (κ2) is 3.87. The Kier molecular flexibility index (Phi) is 2.27. The van der Waals surface area contributed by atoms with Crippen LogP contribution in [0.4, 0.5) is 5.69 Å². The monoisotopic (exact) mass is 253 g/mol. The highest BCUT2D eigenvalue weighted by Crippen LogP contribution is 2.46. The molecule has 0 radical (unpaired) electrons. The third-order valence-electron chi connectivity index (χ3n) is 4.80. The van der Waals surface area contributed by atoms with Gasteiger partial charge in [-0.1, -0.05) is 12.1 Å². The average molecular weight is 253 g/mol. The van der Waals surface area contributed by atoms with Crippen molar-refractivity contribution in [2.75, 3.05) is 25.0 Å². The molecule has 19 heavy (non-hydrogen) atoms. The fourth-order valence-corrected chi connectivity index (χ4v) is 3.76. The maximum absolute atomic E-state index is 3.49. The summed E-state index contributed by atoms with van der Waals surface area (Å²) in [5.41, 5.74) is 4.24. The van der Waals surface area contributed by atoms with Gasteiger partial charge in [-0.05, 0) is 50.2 Å². The Morgan fingerprint density at radius 3 is 2.53 bits per heavy atom. The number of fused-ring (bicyclic) bond motifs is 4. The summed E-state index contributed by atoms with van der Waals surface area (Å²) >= 11 is 0. The van der Waals surface area contributed by atoms with Crippen molar-refractivity contribution < 1.29 is 0 Å². The molecule has 0 aliphatic carbocycles. The number of nitrogens with one attached hydrogen (secondary N) is 1. The van der Waals surface area contributed by atoms with Crippen LogP contribution in [0.25, 0.3) is 5.69 Å². The molecule has 1 spiro atoms. The maximum atomic E-state index is 3.49. The third-order valence-corrected chi connectivity index (χ3v) is 4.80. The van der Waals surface area contributed by atoms with Crippen molar-refractivity contribution in [3.05, 3.63) is 48.3 Å². The minimum atomic E-state index is 0.156. The molecule has 2 aliphatic heterocycles.